The van der Waals surface area contributed by atoms with Crippen LogP contribution in [0.2, 0.25) is 0 Å². The molecule has 0 saturated carbocycles. The molecule has 98 valence electrons. The van der Waals surface area contributed by atoms with Crippen LogP contribution in [0.3, 0.4) is 0 Å². The lowest BCUT2D eigenvalue weighted by molar-refractivity contribution is 0.501. The van der Waals surface area contributed by atoms with Gasteiger partial charge >= 0.3 is 0 Å². The van der Waals surface area contributed by atoms with Crippen molar-refractivity contribution in [3.63, 3.8) is 0 Å². The van der Waals surface area contributed by atoms with Crippen LogP contribution in [0.1, 0.15) is 22.7 Å². The molecule has 1 aliphatic heterocycles. The lowest BCUT2D eigenvalue weighted by atomic mass is 9.90. The van der Waals surface area contributed by atoms with Gasteiger partial charge in [-0.25, -0.2) is 4.39 Å². The Bertz CT molecular complexity index is 597. The highest BCUT2D eigenvalue weighted by Crippen LogP contribution is 2.28. The first-order valence-corrected chi connectivity index (χ1v) is 7.28. The second-order valence-corrected chi connectivity index (χ2v) is 5.75. The van der Waals surface area contributed by atoms with Gasteiger partial charge in [0.15, 0.2) is 0 Å². The van der Waals surface area contributed by atoms with Crippen molar-refractivity contribution >= 4 is 15.9 Å². The fourth-order valence-electron chi connectivity index (χ4n) is 2.68. The van der Waals surface area contributed by atoms with Gasteiger partial charge in [-0.2, -0.15) is 0 Å². The molecule has 3 rings (SSSR count). The summed E-state index contributed by atoms with van der Waals surface area (Å²) in [5, 5.41) is 3.55. The van der Waals surface area contributed by atoms with Gasteiger partial charge in [0, 0.05) is 10.5 Å². The van der Waals surface area contributed by atoms with E-state index in [2.05, 4.69) is 45.5 Å². The molecule has 1 heterocycles. The maximum absolute atomic E-state index is 13.1. The average molecular weight is 320 g/mol. The molecular formula is C16H15BrFN. The van der Waals surface area contributed by atoms with Crippen molar-refractivity contribution in [2.75, 3.05) is 6.54 Å². The van der Waals surface area contributed by atoms with Gasteiger partial charge in [-0.1, -0.05) is 46.3 Å². The van der Waals surface area contributed by atoms with E-state index in [1.807, 2.05) is 6.07 Å². The second kappa shape index (κ2) is 5.43. The second-order valence-electron chi connectivity index (χ2n) is 4.90. The minimum Gasteiger partial charge on any atom is -0.309 e. The smallest absolute Gasteiger partial charge is 0.124 e. The summed E-state index contributed by atoms with van der Waals surface area (Å²) in [4.78, 5) is 0. The first-order chi connectivity index (χ1) is 9.24. The largest absolute Gasteiger partial charge is 0.309 e. The van der Waals surface area contributed by atoms with Crippen LogP contribution in [0.5, 0.6) is 0 Å². The fourth-order valence-corrected chi connectivity index (χ4v) is 3.19. The highest BCUT2D eigenvalue weighted by atomic mass is 79.9. The van der Waals surface area contributed by atoms with Crippen molar-refractivity contribution < 1.29 is 4.39 Å². The van der Waals surface area contributed by atoms with Crippen molar-refractivity contribution in [2.45, 2.75) is 18.9 Å². The van der Waals surface area contributed by atoms with Gasteiger partial charge in [0.2, 0.25) is 0 Å². The lowest BCUT2D eigenvalue weighted by Crippen LogP contribution is -2.31. The van der Waals surface area contributed by atoms with Crippen molar-refractivity contribution in [3.05, 3.63) is 69.4 Å². The maximum Gasteiger partial charge on any atom is 0.124 e. The highest BCUT2D eigenvalue weighted by Gasteiger charge is 2.20. The summed E-state index contributed by atoms with van der Waals surface area (Å²) in [6, 6.07) is 13.8. The molecule has 0 fully saturated rings. The van der Waals surface area contributed by atoms with Crippen LogP contribution in [0.25, 0.3) is 0 Å². The molecule has 0 saturated heterocycles. The molecule has 0 bridgehead atoms. The normalized spacial score (nSPS) is 18.1. The first-order valence-electron chi connectivity index (χ1n) is 6.49. The Labute approximate surface area is 121 Å². The zero-order chi connectivity index (χ0) is 13.2. The number of hydrogen-bond acceptors (Lipinski definition) is 1. The van der Waals surface area contributed by atoms with Crippen LogP contribution < -0.4 is 5.32 Å². The molecule has 2 aromatic carbocycles. The quantitative estimate of drug-likeness (QED) is 0.881. The van der Waals surface area contributed by atoms with Crippen LogP contribution in [-0.2, 0) is 12.8 Å². The Morgan fingerprint density at radius 2 is 2.05 bits per heavy atom. The predicted octanol–water partition coefficient (Wildman–Crippen LogP) is 4.02. The molecule has 1 nitrogen and oxygen atoms in total. The average Bonchev–Trinajstić information content (AvgIpc) is 2.42. The molecule has 0 amide bonds. The molecule has 19 heavy (non-hydrogen) atoms. The molecule has 3 heteroatoms. The minimum absolute atomic E-state index is 0.201. The Balaban J connectivity index is 1.88. The Morgan fingerprint density at radius 1 is 1.21 bits per heavy atom. The summed E-state index contributed by atoms with van der Waals surface area (Å²) < 4.78 is 14.0. The van der Waals surface area contributed by atoms with Crippen LogP contribution in [0, 0.1) is 5.82 Å². The minimum atomic E-state index is -0.201. The van der Waals surface area contributed by atoms with E-state index in [0.29, 0.717) is 6.04 Å². The molecular weight excluding hydrogens is 305 g/mol. The maximum atomic E-state index is 13.1. The zero-order valence-corrected chi connectivity index (χ0v) is 12.1. The van der Waals surface area contributed by atoms with Crippen molar-refractivity contribution in [3.8, 4) is 0 Å². The van der Waals surface area contributed by atoms with Gasteiger partial charge in [0.05, 0.1) is 0 Å². The zero-order valence-electron chi connectivity index (χ0n) is 10.5. The van der Waals surface area contributed by atoms with E-state index >= 15 is 0 Å². The van der Waals surface area contributed by atoms with E-state index in [1.54, 1.807) is 0 Å². The molecule has 1 atom stereocenters. The summed E-state index contributed by atoms with van der Waals surface area (Å²) >= 11 is 3.45. The summed E-state index contributed by atoms with van der Waals surface area (Å²) in [7, 11) is 0. The van der Waals surface area contributed by atoms with Crippen LogP contribution >= 0.6 is 15.9 Å². The molecule has 1 aliphatic rings. The summed E-state index contributed by atoms with van der Waals surface area (Å²) in [5.74, 6) is -0.201. The molecule has 1 N–H and O–H groups in total. The van der Waals surface area contributed by atoms with E-state index in [4.69, 9.17) is 0 Å². The number of fused-ring (bicyclic) bond motifs is 1. The fraction of sp³-hybridized carbons (Fsp3) is 0.250. The monoisotopic (exact) mass is 319 g/mol. The van der Waals surface area contributed by atoms with Gasteiger partial charge < -0.3 is 5.32 Å². The van der Waals surface area contributed by atoms with Crippen molar-refractivity contribution in [1.82, 2.24) is 5.32 Å². The number of benzene rings is 2. The molecule has 0 spiro atoms. The third kappa shape index (κ3) is 2.72. The highest BCUT2D eigenvalue weighted by molar-refractivity contribution is 9.10. The number of hydrogen-bond donors (Lipinski definition) is 1. The predicted molar refractivity (Wildman–Crippen MR) is 78.7 cm³/mol. The third-order valence-corrected chi connectivity index (χ3v) is 4.39. The van der Waals surface area contributed by atoms with Gasteiger partial charge in [-0.15, -0.1) is 0 Å². The van der Waals surface area contributed by atoms with E-state index in [9.17, 15) is 4.39 Å². The van der Waals surface area contributed by atoms with Crippen molar-refractivity contribution in [1.29, 1.82) is 0 Å². The van der Waals surface area contributed by atoms with Crippen molar-refractivity contribution in [2.24, 2.45) is 0 Å². The molecule has 0 aliphatic carbocycles. The van der Waals surface area contributed by atoms with Crippen LogP contribution in [0.4, 0.5) is 4.39 Å². The van der Waals surface area contributed by atoms with Gasteiger partial charge in [-0.3, -0.25) is 0 Å². The van der Waals surface area contributed by atoms with Gasteiger partial charge in [0.1, 0.15) is 5.82 Å². The standard InChI is InChI=1S/C16H15BrFN/c17-15-10-13(18)6-5-12(15)9-16-14-4-2-1-3-11(14)7-8-19-16/h1-6,10,16,19H,7-9H2. The van der Waals surface area contributed by atoms with Crippen LogP contribution in [0.15, 0.2) is 46.9 Å². The summed E-state index contributed by atoms with van der Waals surface area (Å²) in [5.41, 5.74) is 3.92. The van der Waals surface area contributed by atoms with Gasteiger partial charge in [-0.05, 0) is 48.2 Å². The summed E-state index contributed by atoms with van der Waals surface area (Å²) in [6.07, 6.45) is 1.95. The molecule has 1 unspecified atom stereocenters. The molecule has 2 aromatic rings. The topological polar surface area (TPSA) is 12.0 Å². The van der Waals surface area contributed by atoms with Gasteiger partial charge in [0.25, 0.3) is 0 Å². The molecule has 0 radical (unpaired) electrons. The van der Waals surface area contributed by atoms with Crippen LogP contribution in [-0.4, -0.2) is 6.54 Å². The number of halogens is 2. The first kappa shape index (κ1) is 12.8. The lowest BCUT2D eigenvalue weighted by Gasteiger charge is -2.27. The van der Waals surface area contributed by atoms with E-state index < -0.39 is 0 Å². The third-order valence-electron chi connectivity index (χ3n) is 3.65. The van der Waals surface area contributed by atoms with E-state index in [1.165, 1.54) is 23.3 Å². The Morgan fingerprint density at radius 3 is 2.89 bits per heavy atom. The Kier molecular flexibility index (Phi) is 3.67. The SMILES string of the molecule is Fc1ccc(CC2NCCc3ccccc32)c(Br)c1. The Hall–Kier alpha value is -1.19. The number of nitrogens with one attached hydrogen (secondary N) is 1. The number of rotatable bonds is 2. The van der Waals surface area contributed by atoms with E-state index in [-0.39, 0.29) is 5.82 Å². The van der Waals surface area contributed by atoms with E-state index in [0.717, 1.165) is 29.4 Å². The molecule has 0 aromatic heterocycles. The summed E-state index contributed by atoms with van der Waals surface area (Å²) in [6.45, 7) is 1.00.